The summed E-state index contributed by atoms with van der Waals surface area (Å²) < 4.78 is 8.82. The fourth-order valence-corrected chi connectivity index (χ4v) is 6.27. The molecule has 1 amide bonds. The number of hydrogen-bond acceptors (Lipinski definition) is 4. The molecule has 0 bridgehead atoms. The number of ether oxygens (including phenoxy) is 1. The summed E-state index contributed by atoms with van der Waals surface area (Å²) in [7, 11) is 4.03. The molecule has 3 aromatic rings. The van der Waals surface area contributed by atoms with Crippen molar-refractivity contribution in [1.29, 1.82) is 0 Å². The Morgan fingerprint density at radius 2 is 1.57 bits per heavy atom. The molecule has 1 saturated carbocycles. The Kier molecular flexibility index (Phi) is 6.85. The van der Waals surface area contributed by atoms with Crippen molar-refractivity contribution in [3.05, 3.63) is 60.3 Å². The minimum atomic E-state index is 0.140. The third kappa shape index (κ3) is 5.08. The summed E-state index contributed by atoms with van der Waals surface area (Å²) in [5.41, 5.74) is 3.14. The molecule has 3 heterocycles. The van der Waals surface area contributed by atoms with Crippen LogP contribution in [0.5, 0.6) is 5.75 Å². The molecule has 1 aliphatic carbocycles. The maximum atomic E-state index is 13.0. The van der Waals surface area contributed by atoms with Crippen LogP contribution in [0.4, 0.5) is 5.69 Å². The third-order valence-electron chi connectivity index (χ3n) is 8.84. The number of nitrogens with zero attached hydrogens (tertiary/aromatic N) is 4. The molecule has 6 heteroatoms. The minimum absolute atomic E-state index is 0.140. The molecule has 0 unspecified atom stereocenters. The first-order valence-electron chi connectivity index (χ1n) is 14.1. The van der Waals surface area contributed by atoms with Gasteiger partial charge in [0.2, 0.25) is 0 Å². The van der Waals surface area contributed by atoms with Gasteiger partial charge in [0.25, 0.3) is 5.91 Å². The molecule has 0 N–H and O–H groups in total. The number of carbonyl (C=O) groups excluding carboxylic acids is 1. The van der Waals surface area contributed by atoms with E-state index in [1.165, 1.54) is 43.3 Å². The second-order valence-electron chi connectivity index (χ2n) is 11.3. The first-order chi connectivity index (χ1) is 18.0. The molecular formula is C31H40N4O2. The quantitative estimate of drug-likeness (QED) is 0.443. The van der Waals surface area contributed by atoms with Gasteiger partial charge in [0.1, 0.15) is 11.9 Å². The summed E-state index contributed by atoms with van der Waals surface area (Å²) in [5, 5.41) is 1.24. The lowest BCUT2D eigenvalue weighted by Gasteiger charge is -2.41. The number of likely N-dealkylation sites (tertiary alicyclic amines) is 2. The Labute approximate surface area is 220 Å². The predicted octanol–water partition coefficient (Wildman–Crippen LogP) is 5.58. The first kappa shape index (κ1) is 24.4. The Morgan fingerprint density at radius 3 is 2.22 bits per heavy atom. The van der Waals surface area contributed by atoms with Gasteiger partial charge in [-0.1, -0.05) is 6.42 Å². The number of fused-ring (bicyclic) bond motifs is 1. The third-order valence-corrected chi connectivity index (χ3v) is 8.84. The number of anilines is 1. The van der Waals surface area contributed by atoms with Gasteiger partial charge in [0.15, 0.2) is 0 Å². The zero-order valence-electron chi connectivity index (χ0n) is 22.3. The van der Waals surface area contributed by atoms with Crippen molar-refractivity contribution in [3.8, 4) is 5.75 Å². The van der Waals surface area contributed by atoms with E-state index in [0.29, 0.717) is 12.1 Å². The van der Waals surface area contributed by atoms with Crippen LogP contribution in [0.1, 0.15) is 61.3 Å². The highest BCUT2D eigenvalue weighted by Gasteiger charge is 2.29. The van der Waals surface area contributed by atoms with Crippen molar-refractivity contribution in [2.75, 3.05) is 45.2 Å². The van der Waals surface area contributed by atoms with Gasteiger partial charge in [0, 0.05) is 80.7 Å². The number of amides is 1. The van der Waals surface area contributed by atoms with E-state index in [1.807, 2.05) is 43.3 Å². The molecule has 2 saturated heterocycles. The van der Waals surface area contributed by atoms with E-state index in [9.17, 15) is 4.79 Å². The van der Waals surface area contributed by atoms with Crippen molar-refractivity contribution in [2.24, 2.45) is 0 Å². The zero-order chi connectivity index (χ0) is 25.4. The average molecular weight is 501 g/mol. The number of hydrogen-bond donors (Lipinski definition) is 0. The lowest BCUT2D eigenvalue weighted by molar-refractivity contribution is 0.0494. The van der Waals surface area contributed by atoms with E-state index < -0.39 is 0 Å². The highest BCUT2D eigenvalue weighted by Crippen LogP contribution is 2.32. The topological polar surface area (TPSA) is 41.0 Å². The molecule has 3 aliphatic rings. The van der Waals surface area contributed by atoms with Crippen LogP contribution in [0.25, 0.3) is 10.9 Å². The van der Waals surface area contributed by atoms with E-state index in [-0.39, 0.29) is 5.91 Å². The fraction of sp³-hybridized carbons (Fsp3) is 0.516. The van der Waals surface area contributed by atoms with Gasteiger partial charge in [-0.15, -0.1) is 0 Å². The molecule has 3 fully saturated rings. The molecule has 0 atom stereocenters. The smallest absolute Gasteiger partial charge is 0.253 e. The standard InChI is InChI=1S/C31H40N4O2/c1-32(2)25-8-6-23(7-9-25)31(36)34-17-13-27(14-18-34)35-21-12-24-22-29(10-11-30(24)35)37-28-15-19-33(20-16-28)26-4-3-5-26/h6-12,21-22,26-28H,3-5,13-20H2,1-2H3. The maximum Gasteiger partial charge on any atom is 0.253 e. The van der Waals surface area contributed by atoms with E-state index >= 15 is 0 Å². The number of aromatic nitrogens is 1. The van der Waals surface area contributed by atoms with E-state index in [2.05, 4.69) is 44.8 Å². The molecule has 2 aliphatic heterocycles. The van der Waals surface area contributed by atoms with Gasteiger partial charge in [-0.3, -0.25) is 4.79 Å². The van der Waals surface area contributed by atoms with E-state index in [4.69, 9.17) is 4.74 Å². The second kappa shape index (κ2) is 10.4. The summed E-state index contributed by atoms with van der Waals surface area (Å²) in [5.74, 6) is 1.13. The summed E-state index contributed by atoms with van der Waals surface area (Å²) in [6, 6.07) is 18.0. The zero-order valence-corrected chi connectivity index (χ0v) is 22.3. The number of carbonyl (C=O) groups is 1. The van der Waals surface area contributed by atoms with Gasteiger partial charge < -0.3 is 24.0 Å². The average Bonchev–Trinajstić information content (AvgIpc) is 3.32. The van der Waals surface area contributed by atoms with Crippen molar-refractivity contribution in [1.82, 2.24) is 14.4 Å². The van der Waals surface area contributed by atoms with Crippen molar-refractivity contribution in [3.63, 3.8) is 0 Å². The Morgan fingerprint density at radius 1 is 0.838 bits per heavy atom. The van der Waals surface area contributed by atoms with Crippen LogP contribution < -0.4 is 9.64 Å². The van der Waals surface area contributed by atoms with Gasteiger partial charge in [-0.05, 0) is 87.1 Å². The largest absolute Gasteiger partial charge is 0.490 e. The van der Waals surface area contributed by atoms with Gasteiger partial charge in [0.05, 0.1) is 0 Å². The highest BCUT2D eigenvalue weighted by atomic mass is 16.5. The Bertz CT molecular complexity index is 1210. The van der Waals surface area contributed by atoms with Crippen molar-refractivity contribution < 1.29 is 9.53 Å². The maximum absolute atomic E-state index is 13.0. The summed E-state index contributed by atoms with van der Waals surface area (Å²) in [4.78, 5) is 19.8. The first-order valence-corrected chi connectivity index (χ1v) is 14.1. The summed E-state index contributed by atoms with van der Waals surface area (Å²) in [6.07, 6.45) is 10.9. The molecule has 6 nitrogen and oxygen atoms in total. The lowest BCUT2D eigenvalue weighted by atomic mass is 9.90. The highest BCUT2D eigenvalue weighted by molar-refractivity contribution is 5.94. The molecule has 2 aromatic carbocycles. The molecular weight excluding hydrogens is 460 g/mol. The van der Waals surface area contributed by atoms with Gasteiger partial charge in [-0.2, -0.15) is 0 Å². The second-order valence-corrected chi connectivity index (χ2v) is 11.3. The van der Waals surface area contributed by atoms with Crippen LogP contribution in [0.15, 0.2) is 54.7 Å². The monoisotopic (exact) mass is 500 g/mol. The fourth-order valence-electron chi connectivity index (χ4n) is 6.27. The lowest BCUT2D eigenvalue weighted by Crippen LogP contribution is -2.46. The van der Waals surface area contributed by atoms with Crippen LogP contribution in [0.2, 0.25) is 0 Å². The van der Waals surface area contributed by atoms with Gasteiger partial charge in [-0.25, -0.2) is 0 Å². The molecule has 196 valence electrons. The molecule has 0 radical (unpaired) electrons. The van der Waals surface area contributed by atoms with E-state index in [1.54, 1.807) is 0 Å². The van der Waals surface area contributed by atoms with Crippen LogP contribution in [0, 0.1) is 0 Å². The SMILES string of the molecule is CN(C)c1ccc(C(=O)N2CCC(n3ccc4cc(OC5CCN(C6CCC6)CC5)ccc43)CC2)cc1. The summed E-state index contributed by atoms with van der Waals surface area (Å²) >= 11 is 0. The minimum Gasteiger partial charge on any atom is -0.490 e. The number of rotatable bonds is 6. The molecule has 6 rings (SSSR count). The van der Waals surface area contributed by atoms with Crippen molar-refractivity contribution in [2.45, 2.75) is 63.1 Å². The predicted molar refractivity (Wildman–Crippen MR) is 150 cm³/mol. The van der Waals surface area contributed by atoms with Crippen molar-refractivity contribution >= 4 is 22.5 Å². The molecule has 37 heavy (non-hydrogen) atoms. The number of benzene rings is 2. The van der Waals surface area contributed by atoms with Crippen LogP contribution >= 0.6 is 0 Å². The Balaban J connectivity index is 1.05. The van der Waals surface area contributed by atoms with Crippen LogP contribution in [-0.2, 0) is 0 Å². The summed E-state index contributed by atoms with van der Waals surface area (Å²) in [6.45, 7) is 3.94. The van der Waals surface area contributed by atoms with E-state index in [0.717, 1.165) is 61.8 Å². The molecule has 0 spiro atoms. The number of piperidine rings is 2. The normalized spacial score (nSPS) is 20.2. The molecule has 1 aromatic heterocycles. The Hall–Kier alpha value is -2.99. The van der Waals surface area contributed by atoms with Gasteiger partial charge >= 0.3 is 0 Å². The van der Waals surface area contributed by atoms with Crippen LogP contribution in [-0.4, -0.2) is 72.7 Å². The van der Waals surface area contributed by atoms with Crippen LogP contribution in [0.3, 0.4) is 0 Å².